The molecule has 0 aromatic heterocycles. The van der Waals surface area contributed by atoms with Gasteiger partial charge in [-0.05, 0) is 17.7 Å². The Kier molecular flexibility index (Phi) is 4.64. The van der Waals surface area contributed by atoms with Crippen LogP contribution in [0.3, 0.4) is 0 Å². The van der Waals surface area contributed by atoms with E-state index in [-0.39, 0.29) is 5.97 Å². The molecule has 0 spiro atoms. The molecule has 3 heteroatoms. The zero-order valence-corrected chi connectivity index (χ0v) is 9.07. The van der Waals surface area contributed by atoms with Crippen LogP contribution in [0.15, 0.2) is 42.5 Å². The number of allylic oxidation sites excluding steroid dienone is 2. The molecule has 1 aromatic rings. The van der Waals surface area contributed by atoms with E-state index in [0.29, 0.717) is 5.02 Å². The highest BCUT2D eigenvalue weighted by atomic mass is 35.5. The number of hydrogen-bond donors (Lipinski definition) is 0. The molecular weight excluding hydrogens is 212 g/mol. The Balaban J connectivity index is 2.59. The maximum absolute atomic E-state index is 10.7. The fourth-order valence-corrected chi connectivity index (χ4v) is 1.18. The Morgan fingerprint density at radius 1 is 1.40 bits per heavy atom. The van der Waals surface area contributed by atoms with Gasteiger partial charge in [0.15, 0.2) is 0 Å². The fraction of sp³-hybridized carbons (Fsp3) is 0.0833. The number of rotatable bonds is 3. The number of benzene rings is 1. The van der Waals surface area contributed by atoms with Crippen LogP contribution in [0.5, 0.6) is 0 Å². The molecule has 0 N–H and O–H groups in total. The molecule has 1 rings (SSSR count). The lowest BCUT2D eigenvalue weighted by molar-refractivity contribution is -0.134. The summed E-state index contributed by atoms with van der Waals surface area (Å²) in [5.74, 6) is -0.370. The van der Waals surface area contributed by atoms with Gasteiger partial charge >= 0.3 is 5.97 Å². The van der Waals surface area contributed by atoms with E-state index in [4.69, 9.17) is 11.6 Å². The lowest BCUT2D eigenvalue weighted by atomic mass is 10.2. The first-order chi connectivity index (χ1) is 7.22. The molecule has 0 aliphatic rings. The number of hydrogen-bond acceptors (Lipinski definition) is 2. The summed E-state index contributed by atoms with van der Waals surface area (Å²) in [7, 11) is 1.34. The van der Waals surface area contributed by atoms with Gasteiger partial charge in [0.2, 0.25) is 0 Å². The first kappa shape index (κ1) is 11.5. The van der Waals surface area contributed by atoms with Crippen molar-refractivity contribution in [3.63, 3.8) is 0 Å². The quantitative estimate of drug-likeness (QED) is 0.446. The van der Waals surface area contributed by atoms with Crippen molar-refractivity contribution in [2.75, 3.05) is 7.11 Å². The second-order valence-electron chi connectivity index (χ2n) is 2.80. The van der Waals surface area contributed by atoms with Crippen molar-refractivity contribution >= 4 is 23.6 Å². The Morgan fingerprint density at radius 3 is 2.87 bits per heavy atom. The van der Waals surface area contributed by atoms with E-state index >= 15 is 0 Å². The number of carbonyl (C=O) groups excluding carboxylic acids is 1. The zero-order chi connectivity index (χ0) is 11.1. The summed E-state index contributed by atoms with van der Waals surface area (Å²) >= 11 is 5.80. The van der Waals surface area contributed by atoms with Crippen molar-refractivity contribution in [2.24, 2.45) is 0 Å². The summed E-state index contributed by atoms with van der Waals surface area (Å²) in [6.45, 7) is 0. The Hall–Kier alpha value is -1.54. The zero-order valence-electron chi connectivity index (χ0n) is 8.31. The highest BCUT2D eigenvalue weighted by Crippen LogP contribution is 2.11. The van der Waals surface area contributed by atoms with E-state index in [2.05, 4.69) is 4.74 Å². The molecule has 0 saturated heterocycles. The van der Waals surface area contributed by atoms with Crippen LogP contribution in [0.4, 0.5) is 0 Å². The fourth-order valence-electron chi connectivity index (χ4n) is 0.979. The van der Waals surface area contributed by atoms with Crippen molar-refractivity contribution in [2.45, 2.75) is 0 Å². The van der Waals surface area contributed by atoms with Gasteiger partial charge in [0.05, 0.1) is 7.11 Å². The average molecular weight is 223 g/mol. The highest BCUT2D eigenvalue weighted by molar-refractivity contribution is 6.30. The molecule has 0 aliphatic carbocycles. The van der Waals surface area contributed by atoms with Gasteiger partial charge in [-0.2, -0.15) is 0 Å². The van der Waals surface area contributed by atoms with E-state index in [0.717, 1.165) is 5.56 Å². The molecule has 0 saturated carbocycles. The molecule has 0 fully saturated rings. The monoisotopic (exact) mass is 222 g/mol. The van der Waals surface area contributed by atoms with E-state index in [1.165, 1.54) is 13.2 Å². The van der Waals surface area contributed by atoms with Gasteiger partial charge in [-0.25, -0.2) is 4.79 Å². The topological polar surface area (TPSA) is 26.3 Å². The molecule has 78 valence electrons. The first-order valence-corrected chi connectivity index (χ1v) is 4.78. The van der Waals surface area contributed by atoms with Crippen LogP contribution in [-0.2, 0) is 9.53 Å². The van der Waals surface area contributed by atoms with Crippen LogP contribution >= 0.6 is 11.6 Å². The van der Waals surface area contributed by atoms with Crippen LogP contribution in [0, 0.1) is 0 Å². The van der Waals surface area contributed by atoms with Gasteiger partial charge in [0, 0.05) is 11.1 Å². The lowest BCUT2D eigenvalue weighted by Crippen LogP contribution is -1.92. The summed E-state index contributed by atoms with van der Waals surface area (Å²) in [5, 5.41) is 0.689. The van der Waals surface area contributed by atoms with Crippen molar-refractivity contribution < 1.29 is 9.53 Å². The van der Waals surface area contributed by atoms with Crippen LogP contribution in [0.25, 0.3) is 6.08 Å². The summed E-state index contributed by atoms with van der Waals surface area (Å²) in [4.78, 5) is 10.7. The molecule has 0 unspecified atom stereocenters. The third kappa shape index (κ3) is 4.47. The van der Waals surface area contributed by atoms with Gasteiger partial charge in [-0.15, -0.1) is 0 Å². The minimum atomic E-state index is -0.370. The van der Waals surface area contributed by atoms with Gasteiger partial charge in [0.1, 0.15) is 0 Å². The van der Waals surface area contributed by atoms with Crippen molar-refractivity contribution in [1.82, 2.24) is 0 Å². The summed E-state index contributed by atoms with van der Waals surface area (Å²) in [5.41, 5.74) is 0.983. The Bertz CT molecular complexity index is 394. The molecule has 0 amide bonds. The number of carbonyl (C=O) groups is 1. The van der Waals surface area contributed by atoms with Gasteiger partial charge in [0.25, 0.3) is 0 Å². The maximum Gasteiger partial charge on any atom is 0.330 e. The molecule has 0 aliphatic heterocycles. The molecule has 0 radical (unpaired) electrons. The van der Waals surface area contributed by atoms with Gasteiger partial charge in [-0.3, -0.25) is 0 Å². The normalized spacial score (nSPS) is 11.1. The predicted octanol–water partition coefficient (Wildman–Crippen LogP) is 3.08. The summed E-state index contributed by atoms with van der Waals surface area (Å²) in [6, 6.07) is 7.44. The Morgan fingerprint density at radius 2 is 2.20 bits per heavy atom. The molecule has 0 heterocycles. The second kappa shape index (κ2) is 6.04. The van der Waals surface area contributed by atoms with Crippen molar-refractivity contribution in [3.8, 4) is 0 Å². The third-order valence-electron chi connectivity index (χ3n) is 1.68. The van der Waals surface area contributed by atoms with E-state index in [1.54, 1.807) is 12.2 Å². The van der Waals surface area contributed by atoms with Crippen LogP contribution in [0.2, 0.25) is 5.02 Å². The van der Waals surface area contributed by atoms with E-state index in [9.17, 15) is 4.79 Å². The number of halogens is 1. The smallest absolute Gasteiger partial charge is 0.330 e. The largest absolute Gasteiger partial charge is 0.466 e. The van der Waals surface area contributed by atoms with Crippen LogP contribution in [0.1, 0.15) is 5.56 Å². The molecular formula is C12H11ClO2. The minimum Gasteiger partial charge on any atom is -0.466 e. The summed E-state index contributed by atoms with van der Waals surface area (Å²) in [6.07, 6.45) is 6.57. The molecule has 0 atom stereocenters. The minimum absolute atomic E-state index is 0.370. The number of esters is 1. The maximum atomic E-state index is 10.7. The second-order valence-corrected chi connectivity index (χ2v) is 3.23. The first-order valence-electron chi connectivity index (χ1n) is 4.40. The van der Waals surface area contributed by atoms with Gasteiger partial charge in [-0.1, -0.05) is 42.0 Å². The van der Waals surface area contributed by atoms with E-state index in [1.807, 2.05) is 30.3 Å². The molecule has 15 heavy (non-hydrogen) atoms. The third-order valence-corrected chi connectivity index (χ3v) is 1.92. The van der Waals surface area contributed by atoms with E-state index < -0.39 is 0 Å². The number of methoxy groups -OCH3 is 1. The Labute approximate surface area is 93.8 Å². The highest BCUT2D eigenvalue weighted by Gasteiger charge is 1.88. The summed E-state index contributed by atoms with van der Waals surface area (Å²) < 4.78 is 4.44. The molecule has 0 bridgehead atoms. The molecule has 2 nitrogen and oxygen atoms in total. The lowest BCUT2D eigenvalue weighted by Gasteiger charge is -1.92. The predicted molar refractivity (Wildman–Crippen MR) is 61.6 cm³/mol. The van der Waals surface area contributed by atoms with Crippen molar-refractivity contribution in [3.05, 3.63) is 53.1 Å². The van der Waals surface area contributed by atoms with Crippen LogP contribution < -0.4 is 0 Å². The number of ether oxygens (including phenoxy) is 1. The van der Waals surface area contributed by atoms with Crippen molar-refractivity contribution in [1.29, 1.82) is 0 Å². The van der Waals surface area contributed by atoms with Crippen LogP contribution in [-0.4, -0.2) is 13.1 Å². The van der Waals surface area contributed by atoms with Gasteiger partial charge < -0.3 is 4.74 Å². The SMILES string of the molecule is COC(=O)C=CC=Cc1cccc(Cl)c1. The molecule has 1 aromatic carbocycles. The average Bonchev–Trinajstić information content (AvgIpc) is 2.24. The standard InChI is InChI=1S/C12H11ClO2/c1-15-12(14)8-3-2-5-10-6-4-7-11(13)9-10/h2-9H,1H3.